The molecule has 5 nitrogen and oxygen atoms in total. The summed E-state index contributed by atoms with van der Waals surface area (Å²) in [5, 5.41) is -0.586. The molecule has 0 unspecified atom stereocenters. The van der Waals surface area contributed by atoms with Crippen LogP contribution in [0.5, 0.6) is 0 Å². The Labute approximate surface area is 188 Å². The van der Waals surface area contributed by atoms with Crippen LogP contribution in [0.25, 0.3) is 11.3 Å². The first-order valence-corrected chi connectivity index (χ1v) is 10.3. The fraction of sp³-hybridized carbons (Fsp3) is 0.261. The molecule has 166 valence electrons. The highest BCUT2D eigenvalue weighted by Crippen LogP contribution is 2.37. The number of benzene rings is 2. The van der Waals surface area contributed by atoms with Crippen molar-refractivity contribution in [3.05, 3.63) is 75.9 Å². The van der Waals surface area contributed by atoms with E-state index in [0.717, 1.165) is 22.9 Å². The average molecular weight is 461 g/mol. The van der Waals surface area contributed by atoms with E-state index in [1.54, 1.807) is 4.90 Å². The molecule has 0 aliphatic carbocycles. The smallest absolute Gasteiger partial charge is 0.347 e. The maximum atomic E-state index is 13.2. The zero-order valence-corrected chi connectivity index (χ0v) is 18.2. The van der Waals surface area contributed by atoms with Crippen LogP contribution in [0.1, 0.15) is 27.2 Å². The summed E-state index contributed by atoms with van der Waals surface area (Å²) in [6, 6.07) is 13.1. The Morgan fingerprint density at radius 3 is 2.44 bits per heavy atom. The number of anilines is 1. The SMILES string of the molecule is CN(C)c1nc2c(c(-c3ccccc3)n1)CCN(C(=O)c1cccc(C(F)(F)F)c1Cl)C2. The van der Waals surface area contributed by atoms with Crippen LogP contribution in [0.2, 0.25) is 5.02 Å². The molecule has 0 radical (unpaired) electrons. The summed E-state index contributed by atoms with van der Waals surface area (Å²) < 4.78 is 39.7. The Morgan fingerprint density at radius 1 is 1.06 bits per heavy atom. The number of carbonyl (C=O) groups is 1. The first kappa shape index (κ1) is 22.1. The topological polar surface area (TPSA) is 49.3 Å². The number of alkyl halides is 3. The first-order chi connectivity index (χ1) is 15.2. The van der Waals surface area contributed by atoms with E-state index in [1.165, 1.54) is 17.0 Å². The molecule has 0 saturated heterocycles. The van der Waals surface area contributed by atoms with Crippen LogP contribution >= 0.6 is 11.6 Å². The molecule has 0 atom stereocenters. The van der Waals surface area contributed by atoms with Crippen LogP contribution in [-0.4, -0.2) is 41.4 Å². The number of nitrogens with zero attached hydrogens (tertiary/aromatic N) is 4. The predicted octanol–water partition coefficient (Wildman–Crippen LogP) is 5.08. The highest BCUT2D eigenvalue weighted by Gasteiger charge is 2.36. The van der Waals surface area contributed by atoms with Crippen LogP contribution in [0.3, 0.4) is 0 Å². The van der Waals surface area contributed by atoms with Gasteiger partial charge in [0.15, 0.2) is 0 Å². The fourth-order valence-electron chi connectivity index (χ4n) is 3.71. The molecule has 9 heteroatoms. The van der Waals surface area contributed by atoms with Gasteiger partial charge in [-0.05, 0) is 18.6 Å². The molecule has 1 amide bonds. The molecule has 4 rings (SSSR count). The van der Waals surface area contributed by atoms with Crippen molar-refractivity contribution in [3.8, 4) is 11.3 Å². The molecule has 1 aliphatic heterocycles. The third-order valence-corrected chi connectivity index (χ3v) is 5.73. The minimum absolute atomic E-state index is 0.157. The van der Waals surface area contributed by atoms with Crippen LogP contribution in [0.4, 0.5) is 19.1 Å². The molecule has 0 fully saturated rings. The molecule has 0 saturated carbocycles. The summed E-state index contributed by atoms with van der Waals surface area (Å²) >= 11 is 5.98. The lowest BCUT2D eigenvalue weighted by atomic mass is 9.97. The van der Waals surface area contributed by atoms with Crippen molar-refractivity contribution in [2.45, 2.75) is 19.1 Å². The van der Waals surface area contributed by atoms with Crippen molar-refractivity contribution < 1.29 is 18.0 Å². The van der Waals surface area contributed by atoms with E-state index in [9.17, 15) is 18.0 Å². The molecule has 0 N–H and O–H groups in total. The van der Waals surface area contributed by atoms with Gasteiger partial charge in [0.1, 0.15) is 0 Å². The van der Waals surface area contributed by atoms with E-state index < -0.39 is 22.7 Å². The van der Waals surface area contributed by atoms with E-state index in [-0.39, 0.29) is 12.1 Å². The number of carbonyl (C=O) groups excluding carboxylic acids is 1. The number of rotatable bonds is 3. The highest BCUT2D eigenvalue weighted by atomic mass is 35.5. The number of fused-ring (bicyclic) bond motifs is 1. The number of hydrogen-bond donors (Lipinski definition) is 0. The van der Waals surface area contributed by atoms with Crippen molar-refractivity contribution >= 4 is 23.5 Å². The Hall–Kier alpha value is -3.13. The minimum atomic E-state index is -4.64. The van der Waals surface area contributed by atoms with Gasteiger partial charge in [0, 0.05) is 31.8 Å². The van der Waals surface area contributed by atoms with Gasteiger partial charge >= 0.3 is 6.18 Å². The van der Waals surface area contributed by atoms with Crippen LogP contribution in [-0.2, 0) is 19.1 Å². The second kappa shape index (κ2) is 8.43. The second-order valence-corrected chi connectivity index (χ2v) is 8.08. The van der Waals surface area contributed by atoms with Gasteiger partial charge in [-0.15, -0.1) is 0 Å². The zero-order chi connectivity index (χ0) is 23.0. The van der Waals surface area contributed by atoms with E-state index in [0.29, 0.717) is 24.6 Å². The summed E-state index contributed by atoms with van der Waals surface area (Å²) in [6.45, 7) is 0.479. The Bertz CT molecular complexity index is 1170. The normalized spacial score (nSPS) is 13.6. The average Bonchev–Trinajstić information content (AvgIpc) is 2.77. The summed E-state index contributed by atoms with van der Waals surface area (Å²) in [7, 11) is 3.65. The second-order valence-electron chi connectivity index (χ2n) is 7.70. The lowest BCUT2D eigenvalue weighted by Gasteiger charge is -2.30. The van der Waals surface area contributed by atoms with Crippen LogP contribution < -0.4 is 4.90 Å². The van der Waals surface area contributed by atoms with Gasteiger partial charge in [0.25, 0.3) is 5.91 Å². The van der Waals surface area contributed by atoms with Gasteiger partial charge in [-0.1, -0.05) is 48.0 Å². The van der Waals surface area contributed by atoms with Crippen LogP contribution in [0, 0.1) is 0 Å². The predicted molar refractivity (Wildman–Crippen MR) is 117 cm³/mol. The molecule has 3 aromatic rings. The molecule has 2 heterocycles. The Morgan fingerprint density at radius 2 is 1.78 bits per heavy atom. The summed E-state index contributed by atoms with van der Waals surface area (Å²) in [4.78, 5) is 25.7. The molecule has 32 heavy (non-hydrogen) atoms. The molecule has 1 aromatic heterocycles. The molecule has 1 aliphatic rings. The van der Waals surface area contributed by atoms with E-state index in [2.05, 4.69) is 4.98 Å². The maximum absolute atomic E-state index is 13.2. The molecular formula is C23H20ClF3N4O. The van der Waals surface area contributed by atoms with Gasteiger partial charge in [-0.3, -0.25) is 4.79 Å². The zero-order valence-electron chi connectivity index (χ0n) is 17.4. The third kappa shape index (κ3) is 4.14. The molecule has 2 aromatic carbocycles. The van der Waals surface area contributed by atoms with E-state index in [1.807, 2.05) is 44.4 Å². The van der Waals surface area contributed by atoms with Gasteiger partial charge in [-0.25, -0.2) is 9.97 Å². The van der Waals surface area contributed by atoms with Gasteiger partial charge in [0.05, 0.1) is 34.1 Å². The van der Waals surface area contributed by atoms with Crippen molar-refractivity contribution in [1.82, 2.24) is 14.9 Å². The van der Waals surface area contributed by atoms with Crippen molar-refractivity contribution in [2.75, 3.05) is 25.5 Å². The summed E-state index contributed by atoms with van der Waals surface area (Å²) in [5.74, 6) is -0.0629. The van der Waals surface area contributed by atoms with Gasteiger partial charge in [0.2, 0.25) is 5.95 Å². The lowest BCUT2D eigenvalue weighted by Crippen LogP contribution is -2.37. The number of aromatic nitrogens is 2. The number of hydrogen-bond acceptors (Lipinski definition) is 4. The quantitative estimate of drug-likeness (QED) is 0.547. The third-order valence-electron chi connectivity index (χ3n) is 5.32. The number of amides is 1. The first-order valence-electron chi connectivity index (χ1n) is 9.94. The largest absolute Gasteiger partial charge is 0.417 e. The standard InChI is InChI=1S/C23H20ClF3N4O/c1-30(2)22-28-18-13-31(12-11-15(18)20(29-22)14-7-4-3-5-8-14)21(32)16-9-6-10-17(19(16)24)23(25,26)27/h3-10H,11-13H2,1-2H3. The van der Waals surface area contributed by atoms with Crippen molar-refractivity contribution in [2.24, 2.45) is 0 Å². The van der Waals surface area contributed by atoms with E-state index >= 15 is 0 Å². The highest BCUT2D eigenvalue weighted by molar-refractivity contribution is 6.34. The molecular weight excluding hydrogens is 441 g/mol. The minimum Gasteiger partial charge on any atom is -0.347 e. The lowest BCUT2D eigenvalue weighted by molar-refractivity contribution is -0.137. The van der Waals surface area contributed by atoms with Gasteiger partial charge in [-0.2, -0.15) is 13.2 Å². The van der Waals surface area contributed by atoms with Crippen LogP contribution in [0.15, 0.2) is 48.5 Å². The summed E-state index contributed by atoms with van der Waals surface area (Å²) in [6.07, 6.45) is -4.16. The van der Waals surface area contributed by atoms with E-state index in [4.69, 9.17) is 16.6 Å². The Balaban J connectivity index is 1.71. The number of halogens is 4. The molecule has 0 spiro atoms. The van der Waals surface area contributed by atoms with Gasteiger partial charge < -0.3 is 9.80 Å². The fourth-order valence-corrected chi connectivity index (χ4v) is 4.03. The maximum Gasteiger partial charge on any atom is 0.417 e. The molecule has 0 bridgehead atoms. The summed E-state index contributed by atoms with van der Waals surface area (Å²) in [5.41, 5.74) is 2.14. The Kier molecular flexibility index (Phi) is 5.81. The van der Waals surface area contributed by atoms with Crippen molar-refractivity contribution in [1.29, 1.82) is 0 Å². The monoisotopic (exact) mass is 460 g/mol. The van der Waals surface area contributed by atoms with Crippen molar-refractivity contribution in [3.63, 3.8) is 0 Å².